The van der Waals surface area contributed by atoms with Crippen LogP contribution in [0.25, 0.3) is 0 Å². The molecular formula is C17H25N3O. The average molecular weight is 287 g/mol. The number of nitrogen functional groups attached to an aromatic ring is 1. The molecule has 1 aliphatic heterocycles. The summed E-state index contributed by atoms with van der Waals surface area (Å²) in [5, 5.41) is 0. The highest BCUT2D eigenvalue weighted by Gasteiger charge is 2.38. The van der Waals surface area contributed by atoms with Gasteiger partial charge in [-0.05, 0) is 49.7 Å². The van der Waals surface area contributed by atoms with Crippen molar-refractivity contribution >= 4 is 11.7 Å². The zero-order valence-electron chi connectivity index (χ0n) is 12.9. The van der Waals surface area contributed by atoms with E-state index >= 15 is 0 Å². The van der Waals surface area contributed by atoms with Gasteiger partial charge in [-0.3, -0.25) is 4.79 Å². The molecule has 2 fully saturated rings. The number of hydrogen-bond acceptors (Lipinski definition) is 3. The summed E-state index contributed by atoms with van der Waals surface area (Å²) in [5.74, 6) is 0.564. The van der Waals surface area contributed by atoms with Crippen LogP contribution in [0.4, 0.5) is 5.82 Å². The number of nitrogens with two attached hydrogens (primary N) is 1. The molecule has 4 heteroatoms. The van der Waals surface area contributed by atoms with E-state index in [2.05, 4.69) is 4.98 Å². The Kier molecular flexibility index (Phi) is 3.87. The van der Waals surface area contributed by atoms with E-state index in [0.717, 1.165) is 25.2 Å². The molecule has 0 aromatic carbocycles. The van der Waals surface area contributed by atoms with Crippen LogP contribution in [-0.4, -0.2) is 28.9 Å². The largest absolute Gasteiger partial charge is 0.384 e. The van der Waals surface area contributed by atoms with Gasteiger partial charge in [0.15, 0.2) is 0 Å². The second-order valence-corrected chi connectivity index (χ2v) is 6.62. The van der Waals surface area contributed by atoms with Gasteiger partial charge in [0.05, 0.1) is 0 Å². The number of carbonyl (C=O) groups excluding carboxylic acids is 1. The Hall–Kier alpha value is -1.58. The summed E-state index contributed by atoms with van der Waals surface area (Å²) in [5.41, 5.74) is 7.95. The Labute approximate surface area is 126 Å². The number of amides is 1. The molecule has 4 nitrogen and oxygen atoms in total. The van der Waals surface area contributed by atoms with Crippen LogP contribution in [-0.2, 0) is 6.42 Å². The molecule has 1 aliphatic carbocycles. The highest BCUT2D eigenvalue weighted by molar-refractivity contribution is 5.95. The van der Waals surface area contributed by atoms with Gasteiger partial charge in [0.25, 0.3) is 5.91 Å². The number of pyridine rings is 1. The maximum atomic E-state index is 12.7. The second-order valence-electron chi connectivity index (χ2n) is 6.62. The average Bonchev–Trinajstić information content (AvgIpc) is 2.95. The van der Waals surface area contributed by atoms with Crippen LogP contribution in [0.1, 0.15) is 61.5 Å². The zero-order chi connectivity index (χ0) is 14.9. The number of rotatable bonds is 2. The highest BCUT2D eigenvalue weighted by atomic mass is 16.2. The van der Waals surface area contributed by atoms with E-state index < -0.39 is 0 Å². The van der Waals surface area contributed by atoms with Crippen LogP contribution in [0.3, 0.4) is 0 Å². The summed E-state index contributed by atoms with van der Waals surface area (Å²) in [7, 11) is 0. The van der Waals surface area contributed by atoms with Crippen molar-refractivity contribution in [3.63, 3.8) is 0 Å². The lowest BCUT2D eigenvalue weighted by molar-refractivity contribution is 0.0587. The van der Waals surface area contributed by atoms with Crippen molar-refractivity contribution in [3.8, 4) is 0 Å². The fraction of sp³-hybridized carbons (Fsp3) is 0.647. The molecule has 21 heavy (non-hydrogen) atoms. The maximum absolute atomic E-state index is 12.7. The summed E-state index contributed by atoms with van der Waals surface area (Å²) in [6, 6.07) is 3.60. The van der Waals surface area contributed by atoms with Gasteiger partial charge >= 0.3 is 0 Å². The van der Waals surface area contributed by atoms with Gasteiger partial charge in [0.1, 0.15) is 5.82 Å². The summed E-state index contributed by atoms with van der Waals surface area (Å²) in [6.45, 7) is 3.81. The Morgan fingerprint density at radius 2 is 1.90 bits per heavy atom. The Balaban J connectivity index is 1.70. The third-order valence-corrected chi connectivity index (χ3v) is 5.28. The Morgan fingerprint density at radius 3 is 2.52 bits per heavy atom. The van der Waals surface area contributed by atoms with Crippen molar-refractivity contribution in [1.82, 2.24) is 9.88 Å². The highest BCUT2D eigenvalue weighted by Crippen LogP contribution is 2.46. The van der Waals surface area contributed by atoms with E-state index in [1.54, 1.807) is 6.07 Å². The van der Waals surface area contributed by atoms with Crippen LogP contribution >= 0.6 is 0 Å². The molecule has 2 N–H and O–H groups in total. The van der Waals surface area contributed by atoms with Crippen molar-refractivity contribution in [2.75, 3.05) is 18.8 Å². The Bertz CT molecular complexity index is 525. The first kappa shape index (κ1) is 14.4. The molecule has 0 unspecified atom stereocenters. The first-order valence-electron chi connectivity index (χ1n) is 8.18. The van der Waals surface area contributed by atoms with Gasteiger partial charge in [0.2, 0.25) is 0 Å². The van der Waals surface area contributed by atoms with E-state index in [0.29, 0.717) is 16.8 Å². The molecule has 114 valence electrons. The topological polar surface area (TPSA) is 59.2 Å². The van der Waals surface area contributed by atoms with Gasteiger partial charge in [-0.25, -0.2) is 4.98 Å². The fourth-order valence-corrected chi connectivity index (χ4v) is 3.91. The molecule has 0 atom stereocenters. The smallest absolute Gasteiger partial charge is 0.254 e. The molecule has 0 radical (unpaired) electrons. The van der Waals surface area contributed by atoms with Crippen molar-refractivity contribution in [2.45, 2.75) is 51.9 Å². The molecule has 1 aromatic rings. The number of piperidine rings is 1. The van der Waals surface area contributed by atoms with Gasteiger partial charge < -0.3 is 10.6 Å². The van der Waals surface area contributed by atoms with E-state index in [-0.39, 0.29) is 5.91 Å². The van der Waals surface area contributed by atoms with Crippen LogP contribution in [0.5, 0.6) is 0 Å². The molecule has 1 spiro atoms. The standard InChI is InChI=1S/C17H25N3O/c1-2-14-11-13(12-15(18)19-14)16(21)20-9-7-17(8-10-20)5-3-4-6-17/h11-12H,2-10H2,1H3,(H2,18,19). The van der Waals surface area contributed by atoms with Crippen LogP contribution < -0.4 is 5.73 Å². The third kappa shape index (κ3) is 2.89. The molecule has 1 saturated heterocycles. The first-order valence-corrected chi connectivity index (χ1v) is 8.18. The fourth-order valence-electron chi connectivity index (χ4n) is 3.91. The molecular weight excluding hydrogens is 262 g/mol. The molecule has 1 aromatic heterocycles. The Morgan fingerprint density at radius 1 is 1.24 bits per heavy atom. The van der Waals surface area contributed by atoms with E-state index in [1.165, 1.54) is 38.5 Å². The number of hydrogen-bond donors (Lipinski definition) is 1. The lowest BCUT2D eigenvalue weighted by Crippen LogP contribution is -2.42. The SMILES string of the molecule is CCc1cc(C(=O)N2CCC3(CCCC3)CC2)cc(N)n1. The number of carbonyl (C=O) groups is 1. The molecule has 0 bridgehead atoms. The molecule has 1 saturated carbocycles. The number of anilines is 1. The quantitative estimate of drug-likeness (QED) is 0.909. The second kappa shape index (κ2) is 5.66. The van der Waals surface area contributed by atoms with Gasteiger partial charge in [-0.1, -0.05) is 19.8 Å². The minimum Gasteiger partial charge on any atom is -0.384 e. The van der Waals surface area contributed by atoms with Gasteiger partial charge in [-0.2, -0.15) is 0 Å². The third-order valence-electron chi connectivity index (χ3n) is 5.28. The monoisotopic (exact) mass is 287 g/mol. The van der Waals surface area contributed by atoms with Crippen LogP contribution in [0.15, 0.2) is 12.1 Å². The van der Waals surface area contributed by atoms with Crippen LogP contribution in [0.2, 0.25) is 0 Å². The van der Waals surface area contributed by atoms with Crippen molar-refractivity contribution in [1.29, 1.82) is 0 Å². The summed E-state index contributed by atoms with van der Waals surface area (Å²) >= 11 is 0. The normalized spacial score (nSPS) is 20.9. The lowest BCUT2D eigenvalue weighted by Gasteiger charge is -2.39. The van der Waals surface area contributed by atoms with Gasteiger partial charge in [0, 0.05) is 24.3 Å². The minimum absolute atomic E-state index is 0.117. The summed E-state index contributed by atoms with van der Waals surface area (Å²) < 4.78 is 0. The van der Waals surface area contributed by atoms with E-state index in [4.69, 9.17) is 5.73 Å². The molecule has 1 amide bonds. The zero-order valence-corrected chi connectivity index (χ0v) is 12.9. The van der Waals surface area contributed by atoms with Crippen molar-refractivity contribution in [3.05, 3.63) is 23.4 Å². The summed E-state index contributed by atoms with van der Waals surface area (Å²) in [6.07, 6.45) is 8.59. The van der Waals surface area contributed by atoms with Crippen molar-refractivity contribution < 1.29 is 4.79 Å². The molecule has 2 heterocycles. The number of likely N-dealkylation sites (tertiary alicyclic amines) is 1. The van der Waals surface area contributed by atoms with Crippen molar-refractivity contribution in [2.24, 2.45) is 5.41 Å². The van der Waals surface area contributed by atoms with Crippen LogP contribution in [0, 0.1) is 5.41 Å². The number of aryl methyl sites for hydroxylation is 1. The summed E-state index contributed by atoms with van der Waals surface area (Å²) in [4.78, 5) is 18.9. The molecule has 2 aliphatic rings. The lowest BCUT2D eigenvalue weighted by atomic mass is 9.77. The molecule has 3 rings (SSSR count). The minimum atomic E-state index is 0.117. The van der Waals surface area contributed by atoms with E-state index in [9.17, 15) is 4.79 Å². The maximum Gasteiger partial charge on any atom is 0.254 e. The first-order chi connectivity index (χ1) is 10.1. The van der Waals surface area contributed by atoms with Gasteiger partial charge in [-0.15, -0.1) is 0 Å². The number of nitrogens with zero attached hydrogens (tertiary/aromatic N) is 2. The van der Waals surface area contributed by atoms with E-state index in [1.807, 2.05) is 17.9 Å². The predicted octanol–water partition coefficient (Wildman–Crippen LogP) is 3.02. The number of aromatic nitrogens is 1. The predicted molar refractivity (Wildman–Crippen MR) is 84.1 cm³/mol.